The number of nitrogens with one attached hydrogen (secondary N) is 1. The van der Waals surface area contributed by atoms with Gasteiger partial charge < -0.3 is 15.2 Å². The summed E-state index contributed by atoms with van der Waals surface area (Å²) < 4.78 is 6.98. The number of aliphatic hydroxyl groups excluding tert-OH is 1. The second-order valence-corrected chi connectivity index (χ2v) is 6.11. The van der Waals surface area contributed by atoms with Crippen LogP contribution in [0, 0.1) is 0 Å². The number of aliphatic hydroxyl groups is 1. The molecular formula is C18H22BrNO2. The average Bonchev–Trinajstić information content (AvgIpc) is 2.56. The zero-order valence-electron chi connectivity index (χ0n) is 12.8. The Hall–Kier alpha value is -1.36. The summed E-state index contributed by atoms with van der Waals surface area (Å²) in [5, 5.41) is 12.6. The van der Waals surface area contributed by atoms with E-state index in [0.29, 0.717) is 13.2 Å². The maximum Gasteiger partial charge on any atom is 0.124 e. The van der Waals surface area contributed by atoms with Gasteiger partial charge in [0.15, 0.2) is 0 Å². The van der Waals surface area contributed by atoms with Crippen molar-refractivity contribution in [3.05, 3.63) is 64.1 Å². The molecular weight excluding hydrogens is 342 g/mol. The third kappa shape index (κ3) is 5.13. The monoisotopic (exact) mass is 363 g/mol. The van der Waals surface area contributed by atoms with Gasteiger partial charge in [-0.2, -0.15) is 0 Å². The molecule has 0 aliphatic carbocycles. The second-order valence-electron chi connectivity index (χ2n) is 5.19. The van der Waals surface area contributed by atoms with Crippen molar-refractivity contribution < 1.29 is 9.84 Å². The molecule has 1 atom stereocenters. The molecule has 2 aromatic rings. The molecule has 22 heavy (non-hydrogen) atoms. The van der Waals surface area contributed by atoms with Crippen molar-refractivity contribution >= 4 is 15.9 Å². The van der Waals surface area contributed by atoms with Crippen molar-refractivity contribution in [3.63, 3.8) is 0 Å². The fourth-order valence-electron chi connectivity index (χ4n) is 2.15. The lowest BCUT2D eigenvalue weighted by atomic mass is 10.1. The van der Waals surface area contributed by atoms with Crippen LogP contribution in [0.2, 0.25) is 0 Å². The summed E-state index contributed by atoms with van der Waals surface area (Å²) in [5.41, 5.74) is 2.23. The molecule has 4 heteroatoms. The summed E-state index contributed by atoms with van der Waals surface area (Å²) in [6.45, 7) is 3.42. The van der Waals surface area contributed by atoms with E-state index < -0.39 is 0 Å². The van der Waals surface area contributed by atoms with Crippen molar-refractivity contribution in [2.24, 2.45) is 0 Å². The highest BCUT2D eigenvalue weighted by Crippen LogP contribution is 2.24. The van der Waals surface area contributed by atoms with Crippen molar-refractivity contribution in [1.82, 2.24) is 5.32 Å². The van der Waals surface area contributed by atoms with E-state index >= 15 is 0 Å². The first-order valence-corrected chi connectivity index (χ1v) is 8.31. The summed E-state index contributed by atoms with van der Waals surface area (Å²) in [4.78, 5) is 0. The molecule has 0 radical (unpaired) electrons. The molecule has 3 nitrogen and oxygen atoms in total. The van der Waals surface area contributed by atoms with Gasteiger partial charge in [0.25, 0.3) is 0 Å². The summed E-state index contributed by atoms with van der Waals surface area (Å²) in [6, 6.07) is 16.2. The van der Waals surface area contributed by atoms with Gasteiger partial charge in [0.1, 0.15) is 12.4 Å². The Kier molecular flexibility index (Phi) is 6.90. The molecule has 0 aliphatic rings. The third-order valence-electron chi connectivity index (χ3n) is 3.55. The molecule has 2 aromatic carbocycles. The highest BCUT2D eigenvalue weighted by atomic mass is 79.9. The van der Waals surface area contributed by atoms with Crippen LogP contribution in [-0.2, 0) is 13.2 Å². The first kappa shape index (κ1) is 17.0. The van der Waals surface area contributed by atoms with E-state index in [1.54, 1.807) is 0 Å². The van der Waals surface area contributed by atoms with Crippen LogP contribution in [0.3, 0.4) is 0 Å². The number of benzene rings is 2. The van der Waals surface area contributed by atoms with Crippen molar-refractivity contribution in [2.45, 2.75) is 32.5 Å². The minimum atomic E-state index is 0.112. The van der Waals surface area contributed by atoms with Gasteiger partial charge in [0.2, 0.25) is 0 Å². The van der Waals surface area contributed by atoms with Gasteiger partial charge in [-0.1, -0.05) is 53.2 Å². The maximum atomic E-state index is 9.28. The number of rotatable bonds is 8. The van der Waals surface area contributed by atoms with Gasteiger partial charge in [-0.15, -0.1) is 0 Å². The smallest absolute Gasteiger partial charge is 0.124 e. The summed E-state index contributed by atoms with van der Waals surface area (Å²) >= 11 is 3.50. The van der Waals surface area contributed by atoms with E-state index in [2.05, 4.69) is 46.4 Å². The largest absolute Gasteiger partial charge is 0.489 e. The molecule has 0 spiro atoms. The number of hydrogen-bond acceptors (Lipinski definition) is 3. The summed E-state index contributed by atoms with van der Waals surface area (Å²) in [6.07, 6.45) is 0.894. The number of hydrogen-bond donors (Lipinski definition) is 2. The van der Waals surface area contributed by atoms with E-state index in [0.717, 1.165) is 27.8 Å². The topological polar surface area (TPSA) is 41.5 Å². The van der Waals surface area contributed by atoms with Gasteiger partial charge in [0.05, 0.1) is 6.61 Å². The van der Waals surface area contributed by atoms with Crippen LogP contribution in [0.4, 0.5) is 0 Å². The Morgan fingerprint density at radius 2 is 1.95 bits per heavy atom. The number of ether oxygens (including phenoxy) is 1. The Labute approximate surface area is 140 Å². The lowest BCUT2D eigenvalue weighted by molar-refractivity contribution is 0.237. The van der Waals surface area contributed by atoms with Crippen molar-refractivity contribution in [3.8, 4) is 5.75 Å². The predicted octanol–water partition coefficient (Wildman–Crippen LogP) is 3.89. The highest BCUT2D eigenvalue weighted by molar-refractivity contribution is 9.10. The predicted molar refractivity (Wildman–Crippen MR) is 92.9 cm³/mol. The Morgan fingerprint density at radius 1 is 1.18 bits per heavy atom. The molecule has 0 saturated heterocycles. The highest BCUT2D eigenvalue weighted by Gasteiger charge is 2.08. The lowest BCUT2D eigenvalue weighted by Crippen LogP contribution is -2.31. The molecule has 0 amide bonds. The van der Waals surface area contributed by atoms with Gasteiger partial charge in [0, 0.05) is 22.6 Å². The summed E-state index contributed by atoms with van der Waals surface area (Å²) in [7, 11) is 0. The minimum Gasteiger partial charge on any atom is -0.489 e. The Balaban J connectivity index is 2.03. The number of halogens is 1. The minimum absolute atomic E-state index is 0.112. The molecule has 2 N–H and O–H groups in total. The van der Waals surface area contributed by atoms with Gasteiger partial charge in [-0.25, -0.2) is 0 Å². The normalized spacial score (nSPS) is 12.1. The molecule has 0 saturated carbocycles. The van der Waals surface area contributed by atoms with Crippen molar-refractivity contribution in [2.75, 3.05) is 6.61 Å². The molecule has 0 fully saturated rings. The van der Waals surface area contributed by atoms with Gasteiger partial charge >= 0.3 is 0 Å². The van der Waals surface area contributed by atoms with Crippen LogP contribution in [-0.4, -0.2) is 17.8 Å². The van der Waals surface area contributed by atoms with E-state index in [-0.39, 0.29) is 12.6 Å². The van der Waals surface area contributed by atoms with Crippen molar-refractivity contribution in [1.29, 1.82) is 0 Å². The lowest BCUT2D eigenvalue weighted by Gasteiger charge is -2.17. The van der Waals surface area contributed by atoms with E-state index in [1.807, 2.05) is 30.3 Å². The zero-order valence-corrected chi connectivity index (χ0v) is 14.3. The first-order chi connectivity index (χ1) is 10.7. The molecule has 0 aliphatic heterocycles. The standard InChI is InChI=1S/C18H22BrNO2/c1-2-17(12-21)20-11-15-10-16(19)8-9-18(15)22-13-14-6-4-3-5-7-14/h3-10,17,20-21H,2,11-13H2,1H3/t17-/m1/s1. The fourth-order valence-corrected chi connectivity index (χ4v) is 2.56. The van der Waals surface area contributed by atoms with Crippen LogP contribution in [0.15, 0.2) is 53.0 Å². The third-order valence-corrected chi connectivity index (χ3v) is 4.05. The van der Waals surface area contributed by atoms with Gasteiger partial charge in [-0.05, 0) is 30.2 Å². The zero-order chi connectivity index (χ0) is 15.8. The Bertz CT molecular complexity index is 571. The van der Waals surface area contributed by atoms with Crippen LogP contribution < -0.4 is 10.1 Å². The van der Waals surface area contributed by atoms with Crippen LogP contribution >= 0.6 is 15.9 Å². The molecule has 118 valence electrons. The molecule has 2 rings (SSSR count). The maximum absolute atomic E-state index is 9.28. The van der Waals surface area contributed by atoms with Gasteiger partial charge in [-0.3, -0.25) is 0 Å². The van der Waals surface area contributed by atoms with Crippen LogP contribution in [0.1, 0.15) is 24.5 Å². The fraction of sp³-hybridized carbons (Fsp3) is 0.333. The SMILES string of the molecule is CC[C@H](CO)NCc1cc(Br)ccc1OCc1ccccc1. The second kappa shape index (κ2) is 8.93. The summed E-state index contributed by atoms with van der Waals surface area (Å²) in [5.74, 6) is 0.868. The van der Waals surface area contributed by atoms with Crippen LogP contribution in [0.5, 0.6) is 5.75 Å². The first-order valence-electron chi connectivity index (χ1n) is 7.52. The average molecular weight is 364 g/mol. The molecule has 0 aromatic heterocycles. The van der Waals surface area contributed by atoms with E-state index in [4.69, 9.17) is 4.74 Å². The van der Waals surface area contributed by atoms with E-state index in [9.17, 15) is 5.11 Å². The van der Waals surface area contributed by atoms with E-state index in [1.165, 1.54) is 0 Å². The van der Waals surface area contributed by atoms with Crippen LogP contribution in [0.25, 0.3) is 0 Å². The molecule has 0 unspecified atom stereocenters. The quantitative estimate of drug-likeness (QED) is 0.747. The Morgan fingerprint density at radius 3 is 2.64 bits per heavy atom. The molecule has 0 bridgehead atoms. The molecule has 0 heterocycles.